The molecule has 0 bridgehead atoms. The molecular formula is C14H17F3N2O3. The summed E-state index contributed by atoms with van der Waals surface area (Å²) in [5.74, 6) is -2.58. The van der Waals surface area contributed by atoms with E-state index in [1.165, 1.54) is 11.1 Å². The minimum Gasteiger partial charge on any atom is -0.475 e. The Bertz CT molecular complexity index is 532. The predicted octanol–water partition coefficient (Wildman–Crippen LogP) is 1.55. The maximum Gasteiger partial charge on any atom is 0.490 e. The van der Waals surface area contributed by atoms with Crippen LogP contribution in [0.1, 0.15) is 17.5 Å². The highest BCUT2D eigenvalue weighted by atomic mass is 19.4. The highest BCUT2D eigenvalue weighted by Crippen LogP contribution is 2.18. The summed E-state index contributed by atoms with van der Waals surface area (Å²) in [5.41, 5.74) is 8.03. The number of alkyl halides is 3. The van der Waals surface area contributed by atoms with Crippen LogP contribution in [-0.4, -0.2) is 41.1 Å². The zero-order valence-electron chi connectivity index (χ0n) is 11.8. The SMILES string of the molecule is NCCC(=O)N1CCc2ccccc2C1.O=C(O)C(F)(F)F. The molecule has 22 heavy (non-hydrogen) atoms. The Morgan fingerprint density at radius 3 is 2.27 bits per heavy atom. The molecule has 1 heterocycles. The van der Waals surface area contributed by atoms with Gasteiger partial charge in [0.2, 0.25) is 5.91 Å². The summed E-state index contributed by atoms with van der Waals surface area (Å²) in [7, 11) is 0. The average Bonchev–Trinajstić information content (AvgIpc) is 2.46. The molecule has 1 aliphatic heterocycles. The molecule has 0 spiro atoms. The number of hydrogen-bond acceptors (Lipinski definition) is 3. The number of hydrogen-bond donors (Lipinski definition) is 2. The molecule has 0 saturated heterocycles. The molecule has 8 heteroatoms. The minimum atomic E-state index is -5.08. The van der Waals surface area contributed by atoms with Crippen LogP contribution in [0.5, 0.6) is 0 Å². The van der Waals surface area contributed by atoms with E-state index in [1.54, 1.807) is 0 Å². The Hall–Kier alpha value is -2.09. The van der Waals surface area contributed by atoms with Crippen molar-refractivity contribution in [2.45, 2.75) is 25.6 Å². The summed E-state index contributed by atoms with van der Waals surface area (Å²) >= 11 is 0. The number of amides is 1. The summed E-state index contributed by atoms with van der Waals surface area (Å²) in [6.45, 7) is 2.02. The Balaban J connectivity index is 0.000000295. The van der Waals surface area contributed by atoms with Crippen molar-refractivity contribution in [3.05, 3.63) is 35.4 Å². The molecule has 122 valence electrons. The highest BCUT2D eigenvalue weighted by Gasteiger charge is 2.38. The largest absolute Gasteiger partial charge is 0.490 e. The molecule has 0 saturated carbocycles. The van der Waals surface area contributed by atoms with Crippen LogP contribution in [0.2, 0.25) is 0 Å². The number of aliphatic carboxylic acids is 1. The van der Waals surface area contributed by atoms with E-state index < -0.39 is 12.1 Å². The van der Waals surface area contributed by atoms with Gasteiger partial charge in [0.1, 0.15) is 0 Å². The van der Waals surface area contributed by atoms with Gasteiger partial charge >= 0.3 is 12.1 Å². The first-order chi connectivity index (χ1) is 10.3. The Morgan fingerprint density at radius 2 is 1.77 bits per heavy atom. The number of carboxylic acid groups (broad SMARTS) is 1. The lowest BCUT2D eigenvalue weighted by Gasteiger charge is -2.28. The normalized spacial score (nSPS) is 13.7. The van der Waals surface area contributed by atoms with Gasteiger partial charge in [-0.25, -0.2) is 4.79 Å². The van der Waals surface area contributed by atoms with Crippen LogP contribution in [-0.2, 0) is 22.6 Å². The van der Waals surface area contributed by atoms with E-state index in [0.717, 1.165) is 19.5 Å². The average molecular weight is 318 g/mol. The third-order valence-corrected chi connectivity index (χ3v) is 3.08. The van der Waals surface area contributed by atoms with Gasteiger partial charge in [-0.15, -0.1) is 0 Å². The van der Waals surface area contributed by atoms with Gasteiger partial charge in [-0.05, 0) is 17.5 Å². The second-order valence-corrected chi connectivity index (χ2v) is 4.68. The lowest BCUT2D eigenvalue weighted by Crippen LogP contribution is -2.36. The van der Waals surface area contributed by atoms with Crippen molar-refractivity contribution in [1.29, 1.82) is 0 Å². The van der Waals surface area contributed by atoms with Gasteiger partial charge in [-0.1, -0.05) is 24.3 Å². The number of rotatable bonds is 2. The van der Waals surface area contributed by atoms with E-state index in [2.05, 4.69) is 18.2 Å². The number of carbonyl (C=O) groups excluding carboxylic acids is 1. The standard InChI is InChI=1S/C12H16N2O.C2HF3O2/c13-7-5-12(15)14-8-6-10-3-1-2-4-11(10)9-14;3-2(4,5)1(6)7/h1-4H,5-9,13H2;(H,6,7). The summed E-state index contributed by atoms with van der Waals surface area (Å²) in [6, 6.07) is 8.31. The van der Waals surface area contributed by atoms with E-state index in [1.807, 2.05) is 11.0 Å². The first kappa shape index (κ1) is 18.0. The molecular weight excluding hydrogens is 301 g/mol. The minimum absolute atomic E-state index is 0.173. The van der Waals surface area contributed by atoms with Gasteiger partial charge in [-0.3, -0.25) is 4.79 Å². The topological polar surface area (TPSA) is 83.6 Å². The van der Waals surface area contributed by atoms with Crippen LogP contribution >= 0.6 is 0 Å². The van der Waals surface area contributed by atoms with Crippen molar-refractivity contribution in [2.24, 2.45) is 5.73 Å². The van der Waals surface area contributed by atoms with Gasteiger partial charge in [-0.2, -0.15) is 13.2 Å². The van der Waals surface area contributed by atoms with Crippen LogP contribution in [0.3, 0.4) is 0 Å². The number of benzene rings is 1. The molecule has 1 amide bonds. The lowest BCUT2D eigenvalue weighted by molar-refractivity contribution is -0.192. The molecule has 2 rings (SSSR count). The zero-order chi connectivity index (χ0) is 16.8. The van der Waals surface area contributed by atoms with Crippen molar-refractivity contribution >= 4 is 11.9 Å². The third kappa shape index (κ3) is 5.36. The van der Waals surface area contributed by atoms with E-state index in [9.17, 15) is 18.0 Å². The van der Waals surface area contributed by atoms with Crippen molar-refractivity contribution in [3.8, 4) is 0 Å². The maximum atomic E-state index is 11.7. The maximum absolute atomic E-state index is 11.7. The first-order valence-electron chi connectivity index (χ1n) is 6.60. The molecule has 0 aromatic heterocycles. The summed E-state index contributed by atoms with van der Waals surface area (Å²) in [4.78, 5) is 22.4. The fraction of sp³-hybridized carbons (Fsp3) is 0.429. The molecule has 0 fully saturated rings. The summed E-state index contributed by atoms with van der Waals surface area (Å²) in [5, 5.41) is 7.12. The van der Waals surface area contributed by atoms with Crippen molar-refractivity contribution < 1.29 is 27.9 Å². The number of fused-ring (bicyclic) bond motifs is 1. The number of carboxylic acids is 1. The second kappa shape index (κ2) is 7.79. The molecule has 0 aliphatic carbocycles. The number of nitrogens with zero attached hydrogens (tertiary/aromatic N) is 1. The molecule has 1 aliphatic rings. The molecule has 5 nitrogen and oxygen atoms in total. The smallest absolute Gasteiger partial charge is 0.475 e. The molecule has 3 N–H and O–H groups in total. The van der Waals surface area contributed by atoms with Crippen LogP contribution < -0.4 is 5.73 Å². The monoisotopic (exact) mass is 318 g/mol. The zero-order valence-corrected chi connectivity index (χ0v) is 11.8. The van der Waals surface area contributed by atoms with Crippen LogP contribution in [0.15, 0.2) is 24.3 Å². The first-order valence-corrected chi connectivity index (χ1v) is 6.60. The van der Waals surface area contributed by atoms with Gasteiger partial charge in [0.25, 0.3) is 0 Å². The Morgan fingerprint density at radius 1 is 1.23 bits per heavy atom. The van der Waals surface area contributed by atoms with Crippen LogP contribution in [0, 0.1) is 0 Å². The molecule has 0 unspecified atom stereocenters. The number of halogens is 3. The van der Waals surface area contributed by atoms with E-state index >= 15 is 0 Å². The van der Waals surface area contributed by atoms with Crippen molar-refractivity contribution in [3.63, 3.8) is 0 Å². The molecule has 1 aromatic rings. The second-order valence-electron chi connectivity index (χ2n) is 4.68. The van der Waals surface area contributed by atoms with E-state index in [4.69, 9.17) is 15.6 Å². The number of carbonyl (C=O) groups is 2. The lowest BCUT2D eigenvalue weighted by atomic mass is 10.00. The van der Waals surface area contributed by atoms with E-state index in [0.29, 0.717) is 13.0 Å². The van der Waals surface area contributed by atoms with Gasteiger partial charge in [0, 0.05) is 26.1 Å². The predicted molar refractivity (Wildman–Crippen MR) is 72.9 cm³/mol. The third-order valence-electron chi connectivity index (χ3n) is 3.08. The van der Waals surface area contributed by atoms with Crippen molar-refractivity contribution in [2.75, 3.05) is 13.1 Å². The Labute approximate surface area is 125 Å². The number of nitrogens with two attached hydrogens (primary N) is 1. The highest BCUT2D eigenvalue weighted by molar-refractivity contribution is 5.76. The van der Waals surface area contributed by atoms with Crippen LogP contribution in [0.25, 0.3) is 0 Å². The van der Waals surface area contributed by atoms with Gasteiger partial charge in [0.15, 0.2) is 0 Å². The molecule has 0 atom stereocenters. The van der Waals surface area contributed by atoms with E-state index in [-0.39, 0.29) is 5.91 Å². The van der Waals surface area contributed by atoms with Crippen LogP contribution in [0.4, 0.5) is 13.2 Å². The quantitative estimate of drug-likeness (QED) is 0.866. The molecule has 0 radical (unpaired) electrons. The van der Waals surface area contributed by atoms with Gasteiger partial charge in [0.05, 0.1) is 0 Å². The molecule has 1 aromatic carbocycles. The fourth-order valence-corrected chi connectivity index (χ4v) is 1.99. The summed E-state index contributed by atoms with van der Waals surface area (Å²) in [6.07, 6.45) is -3.66. The fourth-order valence-electron chi connectivity index (χ4n) is 1.99. The summed E-state index contributed by atoms with van der Waals surface area (Å²) < 4.78 is 31.7. The van der Waals surface area contributed by atoms with Gasteiger partial charge < -0.3 is 15.7 Å². The van der Waals surface area contributed by atoms with Crippen molar-refractivity contribution in [1.82, 2.24) is 4.90 Å². The Kier molecular flexibility index (Phi) is 6.36.